The van der Waals surface area contributed by atoms with Gasteiger partial charge in [0.25, 0.3) is 0 Å². The summed E-state index contributed by atoms with van der Waals surface area (Å²) in [5.74, 6) is 1.13. The molecule has 0 aliphatic heterocycles. The van der Waals surface area contributed by atoms with Gasteiger partial charge >= 0.3 is 0 Å². The van der Waals surface area contributed by atoms with E-state index < -0.39 is 0 Å². The molecule has 1 N–H and O–H groups in total. The Kier molecular flexibility index (Phi) is 5.89. The third kappa shape index (κ3) is 4.22. The number of hydrogen-bond donors (Lipinski definition) is 1. The minimum atomic E-state index is -0.0246. The summed E-state index contributed by atoms with van der Waals surface area (Å²) in [6, 6.07) is 13.9. The predicted octanol–water partition coefficient (Wildman–Crippen LogP) is 4.93. The summed E-state index contributed by atoms with van der Waals surface area (Å²) in [7, 11) is 0. The van der Waals surface area contributed by atoms with Crippen molar-refractivity contribution in [1.29, 1.82) is 0 Å². The maximum Gasteiger partial charge on any atom is 0.234 e. The average Bonchev–Trinajstić information content (AvgIpc) is 2.64. The number of aryl methyl sites for hydroxylation is 2. The first-order valence-electron chi connectivity index (χ1n) is 8.83. The third-order valence-electron chi connectivity index (χ3n) is 4.31. The Morgan fingerprint density at radius 1 is 1.08 bits per heavy atom. The molecule has 0 aliphatic carbocycles. The molecule has 0 spiro atoms. The molecule has 5 heteroatoms. The summed E-state index contributed by atoms with van der Waals surface area (Å²) in [4.78, 5) is 21.7. The van der Waals surface area contributed by atoms with E-state index in [1.165, 1.54) is 17.3 Å². The SMILES string of the molecule is CCCc1nc(SCC(=O)Nc2cccc(C)c2C)c2ccccc2n1. The second kappa shape index (κ2) is 8.32. The van der Waals surface area contributed by atoms with E-state index in [9.17, 15) is 4.79 Å². The van der Waals surface area contributed by atoms with Gasteiger partial charge in [0.2, 0.25) is 5.91 Å². The second-order valence-electron chi connectivity index (χ2n) is 6.30. The molecule has 0 bridgehead atoms. The van der Waals surface area contributed by atoms with E-state index in [0.717, 1.165) is 45.8 Å². The first kappa shape index (κ1) is 18.4. The number of para-hydroxylation sites is 1. The summed E-state index contributed by atoms with van der Waals surface area (Å²) in [6.07, 6.45) is 1.84. The number of nitrogens with one attached hydrogen (secondary N) is 1. The highest BCUT2D eigenvalue weighted by molar-refractivity contribution is 8.00. The number of nitrogens with zero attached hydrogens (tertiary/aromatic N) is 2. The Morgan fingerprint density at radius 3 is 2.69 bits per heavy atom. The van der Waals surface area contributed by atoms with E-state index in [1.54, 1.807) is 0 Å². The van der Waals surface area contributed by atoms with Crippen molar-refractivity contribution in [3.05, 3.63) is 59.4 Å². The molecular formula is C21H23N3OS. The lowest BCUT2D eigenvalue weighted by Gasteiger charge is -2.11. The average molecular weight is 366 g/mol. The molecule has 26 heavy (non-hydrogen) atoms. The van der Waals surface area contributed by atoms with Gasteiger partial charge in [-0.2, -0.15) is 0 Å². The van der Waals surface area contributed by atoms with Gasteiger partial charge in [0, 0.05) is 17.5 Å². The van der Waals surface area contributed by atoms with Gasteiger partial charge < -0.3 is 5.32 Å². The van der Waals surface area contributed by atoms with Crippen LogP contribution in [0, 0.1) is 13.8 Å². The zero-order chi connectivity index (χ0) is 18.5. The van der Waals surface area contributed by atoms with E-state index in [2.05, 4.69) is 22.2 Å². The van der Waals surface area contributed by atoms with Crippen molar-refractivity contribution in [1.82, 2.24) is 9.97 Å². The fraction of sp³-hybridized carbons (Fsp3) is 0.286. The van der Waals surface area contributed by atoms with Gasteiger partial charge in [-0.3, -0.25) is 4.79 Å². The number of thioether (sulfide) groups is 1. The van der Waals surface area contributed by atoms with Gasteiger partial charge in [0.05, 0.1) is 11.3 Å². The number of carbonyl (C=O) groups excluding carboxylic acids is 1. The van der Waals surface area contributed by atoms with Gasteiger partial charge in [0.1, 0.15) is 10.9 Å². The van der Waals surface area contributed by atoms with Gasteiger partial charge in [0.15, 0.2) is 0 Å². The lowest BCUT2D eigenvalue weighted by atomic mass is 10.1. The Morgan fingerprint density at radius 2 is 1.88 bits per heavy atom. The molecule has 0 atom stereocenters. The lowest BCUT2D eigenvalue weighted by Crippen LogP contribution is -2.15. The molecular weight excluding hydrogens is 342 g/mol. The normalized spacial score (nSPS) is 10.9. The van der Waals surface area contributed by atoms with Gasteiger partial charge in [-0.1, -0.05) is 49.0 Å². The summed E-state index contributed by atoms with van der Waals surface area (Å²) >= 11 is 1.46. The van der Waals surface area contributed by atoms with E-state index in [4.69, 9.17) is 0 Å². The van der Waals surface area contributed by atoms with Crippen molar-refractivity contribution in [2.45, 2.75) is 38.6 Å². The fourth-order valence-corrected chi connectivity index (χ4v) is 3.58. The summed E-state index contributed by atoms with van der Waals surface area (Å²) in [5, 5.41) is 4.87. The minimum absolute atomic E-state index is 0.0246. The molecule has 0 saturated carbocycles. The smallest absolute Gasteiger partial charge is 0.234 e. The Hall–Kier alpha value is -2.40. The molecule has 3 aromatic rings. The van der Waals surface area contributed by atoms with Crippen LogP contribution in [-0.2, 0) is 11.2 Å². The number of hydrogen-bond acceptors (Lipinski definition) is 4. The Labute approximate surface area is 158 Å². The van der Waals surface area contributed by atoms with Crippen molar-refractivity contribution < 1.29 is 4.79 Å². The molecule has 1 aromatic heterocycles. The molecule has 0 saturated heterocycles. The second-order valence-corrected chi connectivity index (χ2v) is 7.26. The molecule has 4 nitrogen and oxygen atoms in total. The van der Waals surface area contributed by atoms with Crippen molar-refractivity contribution in [3.8, 4) is 0 Å². The van der Waals surface area contributed by atoms with E-state index >= 15 is 0 Å². The largest absolute Gasteiger partial charge is 0.325 e. The van der Waals surface area contributed by atoms with Gasteiger partial charge in [-0.15, -0.1) is 0 Å². The number of anilines is 1. The van der Waals surface area contributed by atoms with Crippen LogP contribution in [0.15, 0.2) is 47.5 Å². The molecule has 1 amide bonds. The molecule has 0 fully saturated rings. The van der Waals surface area contributed by atoms with E-state index in [1.807, 2.05) is 56.3 Å². The Bertz CT molecular complexity index is 940. The van der Waals surface area contributed by atoms with Crippen LogP contribution in [0.25, 0.3) is 10.9 Å². The first-order valence-corrected chi connectivity index (χ1v) is 9.81. The maximum atomic E-state index is 12.4. The van der Waals surface area contributed by atoms with Gasteiger partial charge in [-0.25, -0.2) is 9.97 Å². The molecule has 3 rings (SSSR count). The van der Waals surface area contributed by atoms with Crippen molar-refractivity contribution in [3.63, 3.8) is 0 Å². The minimum Gasteiger partial charge on any atom is -0.325 e. The summed E-state index contributed by atoms with van der Waals surface area (Å²) in [6.45, 7) is 6.18. The third-order valence-corrected chi connectivity index (χ3v) is 5.30. The highest BCUT2D eigenvalue weighted by atomic mass is 32.2. The number of fused-ring (bicyclic) bond motifs is 1. The fourth-order valence-electron chi connectivity index (χ4n) is 2.75. The number of rotatable bonds is 6. The standard InChI is InChI=1S/C21H23N3OS/c1-4-8-19-22-18-11-6-5-10-16(18)21(24-19)26-13-20(25)23-17-12-7-9-14(2)15(17)3/h5-7,9-12H,4,8,13H2,1-3H3,(H,23,25). The zero-order valence-electron chi connectivity index (χ0n) is 15.4. The summed E-state index contributed by atoms with van der Waals surface area (Å²) in [5.41, 5.74) is 4.07. The van der Waals surface area contributed by atoms with Crippen LogP contribution in [0.4, 0.5) is 5.69 Å². The van der Waals surface area contributed by atoms with Gasteiger partial charge in [-0.05, 0) is 43.5 Å². The van der Waals surface area contributed by atoms with Crippen LogP contribution in [0.1, 0.15) is 30.3 Å². The number of aromatic nitrogens is 2. The number of benzene rings is 2. The van der Waals surface area contributed by atoms with Crippen LogP contribution in [0.3, 0.4) is 0 Å². The highest BCUT2D eigenvalue weighted by Crippen LogP contribution is 2.26. The van der Waals surface area contributed by atoms with Crippen LogP contribution in [-0.4, -0.2) is 21.6 Å². The molecule has 0 aliphatic rings. The summed E-state index contributed by atoms with van der Waals surface area (Å²) < 4.78 is 0. The van der Waals surface area contributed by atoms with Crippen LogP contribution < -0.4 is 5.32 Å². The molecule has 0 radical (unpaired) electrons. The van der Waals surface area contributed by atoms with Crippen molar-refractivity contribution in [2.75, 3.05) is 11.1 Å². The quantitative estimate of drug-likeness (QED) is 0.497. The Balaban J connectivity index is 1.76. The number of carbonyl (C=O) groups is 1. The zero-order valence-corrected chi connectivity index (χ0v) is 16.2. The van der Waals surface area contributed by atoms with Crippen LogP contribution >= 0.6 is 11.8 Å². The number of amides is 1. The first-order chi connectivity index (χ1) is 12.6. The van der Waals surface area contributed by atoms with E-state index in [0.29, 0.717) is 5.75 Å². The van der Waals surface area contributed by atoms with Crippen molar-refractivity contribution in [2.24, 2.45) is 0 Å². The van der Waals surface area contributed by atoms with Crippen molar-refractivity contribution >= 4 is 34.3 Å². The predicted molar refractivity (Wildman–Crippen MR) is 109 cm³/mol. The molecule has 1 heterocycles. The lowest BCUT2D eigenvalue weighted by molar-refractivity contribution is -0.113. The van der Waals surface area contributed by atoms with Crippen LogP contribution in [0.5, 0.6) is 0 Å². The van der Waals surface area contributed by atoms with E-state index in [-0.39, 0.29) is 5.91 Å². The highest BCUT2D eigenvalue weighted by Gasteiger charge is 2.11. The maximum absolute atomic E-state index is 12.4. The topological polar surface area (TPSA) is 54.9 Å². The molecule has 0 unspecified atom stereocenters. The van der Waals surface area contributed by atoms with Crippen LogP contribution in [0.2, 0.25) is 0 Å². The molecule has 2 aromatic carbocycles. The molecule has 134 valence electrons. The monoisotopic (exact) mass is 365 g/mol.